The molecule has 3 aromatic rings. The maximum atomic E-state index is 13.0. The molecule has 0 aliphatic carbocycles. The van der Waals surface area contributed by atoms with E-state index in [0.29, 0.717) is 35.4 Å². The Labute approximate surface area is 160 Å². The van der Waals surface area contributed by atoms with E-state index in [2.05, 4.69) is 25.4 Å². The fourth-order valence-electron chi connectivity index (χ4n) is 3.02. The molecule has 140 valence electrons. The largest absolute Gasteiger partial charge is 0.347 e. The van der Waals surface area contributed by atoms with Gasteiger partial charge in [-0.25, -0.2) is 9.78 Å². The molecule has 27 heavy (non-hydrogen) atoms. The first-order chi connectivity index (χ1) is 13.0. The molecule has 1 aromatic carbocycles. The number of hydrogen-bond donors (Lipinski definition) is 2. The second-order valence-electron chi connectivity index (χ2n) is 6.76. The molecule has 0 saturated carbocycles. The number of imidazole rings is 1. The van der Waals surface area contributed by atoms with Gasteiger partial charge in [0.2, 0.25) is 5.89 Å². The molecule has 0 bridgehead atoms. The molecule has 0 spiro atoms. The van der Waals surface area contributed by atoms with Crippen molar-refractivity contribution in [3.8, 4) is 0 Å². The van der Waals surface area contributed by atoms with Crippen LogP contribution in [0, 0.1) is 0 Å². The van der Waals surface area contributed by atoms with Crippen LogP contribution >= 0.6 is 11.6 Å². The first-order valence-corrected chi connectivity index (χ1v) is 9.07. The third-order valence-corrected chi connectivity index (χ3v) is 4.77. The number of amides is 2. The van der Waals surface area contributed by atoms with Crippen molar-refractivity contribution in [1.29, 1.82) is 0 Å². The molecule has 1 aliphatic heterocycles. The summed E-state index contributed by atoms with van der Waals surface area (Å²) in [6, 6.07) is 6.32. The number of fused-ring (bicyclic) bond motifs is 1. The van der Waals surface area contributed by atoms with E-state index in [1.54, 1.807) is 35.5 Å². The second kappa shape index (κ2) is 7.03. The highest BCUT2D eigenvalue weighted by molar-refractivity contribution is 6.30. The SMILES string of the molecule is CC(C)c1noc(C2Cc3nc[nH]c3CN2C(=O)Nc2ccc(Cl)cc2)n1. The summed E-state index contributed by atoms with van der Waals surface area (Å²) in [4.78, 5) is 26.6. The number of aromatic amines is 1. The number of H-pyrrole nitrogens is 1. The molecule has 2 N–H and O–H groups in total. The van der Waals surface area contributed by atoms with Crippen LogP contribution in [0.15, 0.2) is 35.1 Å². The van der Waals surface area contributed by atoms with Crippen molar-refractivity contribution in [2.24, 2.45) is 0 Å². The number of carbonyl (C=O) groups is 1. The predicted molar refractivity (Wildman–Crippen MR) is 99.4 cm³/mol. The van der Waals surface area contributed by atoms with E-state index in [0.717, 1.165) is 11.4 Å². The number of nitrogens with zero attached hydrogens (tertiary/aromatic N) is 4. The third-order valence-electron chi connectivity index (χ3n) is 4.51. The number of anilines is 1. The molecule has 4 rings (SSSR count). The summed E-state index contributed by atoms with van der Waals surface area (Å²) in [7, 11) is 0. The minimum Gasteiger partial charge on any atom is -0.347 e. The van der Waals surface area contributed by atoms with Gasteiger partial charge in [0.1, 0.15) is 6.04 Å². The van der Waals surface area contributed by atoms with Crippen LogP contribution in [0.25, 0.3) is 0 Å². The van der Waals surface area contributed by atoms with Crippen LogP contribution < -0.4 is 5.32 Å². The number of nitrogens with one attached hydrogen (secondary N) is 2. The van der Waals surface area contributed by atoms with Crippen LogP contribution in [-0.2, 0) is 13.0 Å². The first-order valence-electron chi connectivity index (χ1n) is 8.69. The van der Waals surface area contributed by atoms with Gasteiger partial charge in [0.05, 0.1) is 24.3 Å². The van der Waals surface area contributed by atoms with Crippen LogP contribution in [-0.4, -0.2) is 31.0 Å². The Morgan fingerprint density at radius 3 is 2.85 bits per heavy atom. The van der Waals surface area contributed by atoms with Crippen molar-refractivity contribution in [2.75, 3.05) is 5.32 Å². The molecule has 2 amide bonds. The van der Waals surface area contributed by atoms with Crippen LogP contribution in [0.5, 0.6) is 0 Å². The zero-order chi connectivity index (χ0) is 19.0. The van der Waals surface area contributed by atoms with Crippen molar-refractivity contribution < 1.29 is 9.32 Å². The highest BCUT2D eigenvalue weighted by Gasteiger charge is 2.36. The van der Waals surface area contributed by atoms with Crippen molar-refractivity contribution in [2.45, 2.75) is 38.8 Å². The Kier molecular flexibility index (Phi) is 4.57. The summed E-state index contributed by atoms with van der Waals surface area (Å²) in [5, 5.41) is 7.54. The average molecular weight is 387 g/mol. The summed E-state index contributed by atoms with van der Waals surface area (Å²) >= 11 is 5.91. The molecule has 9 heteroatoms. The van der Waals surface area contributed by atoms with Crippen molar-refractivity contribution >= 4 is 23.3 Å². The lowest BCUT2D eigenvalue weighted by Crippen LogP contribution is -2.41. The number of urea groups is 1. The van der Waals surface area contributed by atoms with Crippen molar-refractivity contribution in [3.63, 3.8) is 0 Å². The molecule has 1 unspecified atom stereocenters. The molecule has 2 aromatic heterocycles. The highest BCUT2D eigenvalue weighted by Crippen LogP contribution is 2.32. The van der Waals surface area contributed by atoms with Crippen LogP contribution in [0.2, 0.25) is 5.02 Å². The summed E-state index contributed by atoms with van der Waals surface area (Å²) in [5.41, 5.74) is 2.47. The fraction of sp³-hybridized carbons (Fsp3) is 0.333. The number of carbonyl (C=O) groups excluding carboxylic acids is 1. The fourth-order valence-corrected chi connectivity index (χ4v) is 3.14. The van der Waals surface area contributed by atoms with Gasteiger partial charge in [-0.05, 0) is 24.3 Å². The zero-order valence-electron chi connectivity index (χ0n) is 14.9. The molecular formula is C18H19ClN6O2. The van der Waals surface area contributed by atoms with Gasteiger partial charge in [-0.15, -0.1) is 0 Å². The van der Waals surface area contributed by atoms with Gasteiger partial charge in [-0.3, -0.25) is 0 Å². The normalized spacial score (nSPS) is 16.4. The monoisotopic (exact) mass is 386 g/mol. The molecule has 0 saturated heterocycles. The van der Waals surface area contributed by atoms with Crippen LogP contribution in [0.3, 0.4) is 0 Å². The Morgan fingerprint density at radius 2 is 2.15 bits per heavy atom. The molecular weight excluding hydrogens is 368 g/mol. The Morgan fingerprint density at radius 1 is 1.37 bits per heavy atom. The van der Waals surface area contributed by atoms with E-state index < -0.39 is 0 Å². The smallest absolute Gasteiger partial charge is 0.322 e. The van der Waals surface area contributed by atoms with Gasteiger partial charge in [0.25, 0.3) is 0 Å². The van der Waals surface area contributed by atoms with E-state index in [1.807, 2.05) is 13.8 Å². The third kappa shape index (κ3) is 3.52. The lowest BCUT2D eigenvalue weighted by atomic mass is 10.0. The summed E-state index contributed by atoms with van der Waals surface area (Å²) < 4.78 is 5.47. The summed E-state index contributed by atoms with van der Waals surface area (Å²) in [6.07, 6.45) is 2.14. The van der Waals surface area contributed by atoms with Gasteiger partial charge in [0, 0.05) is 23.0 Å². The summed E-state index contributed by atoms with van der Waals surface area (Å²) in [6.45, 7) is 4.36. The molecule has 1 aliphatic rings. The lowest BCUT2D eigenvalue weighted by molar-refractivity contribution is 0.155. The number of hydrogen-bond acceptors (Lipinski definition) is 5. The van der Waals surface area contributed by atoms with Gasteiger partial charge < -0.3 is 19.7 Å². The number of benzene rings is 1. The molecule has 0 fully saturated rings. The van der Waals surface area contributed by atoms with Gasteiger partial charge in [0.15, 0.2) is 5.82 Å². The Hall–Kier alpha value is -2.87. The van der Waals surface area contributed by atoms with Crippen molar-refractivity contribution in [1.82, 2.24) is 25.0 Å². The maximum absolute atomic E-state index is 13.0. The number of halogens is 1. The summed E-state index contributed by atoms with van der Waals surface area (Å²) in [5.74, 6) is 1.18. The van der Waals surface area contributed by atoms with Gasteiger partial charge in [-0.1, -0.05) is 30.6 Å². The van der Waals surface area contributed by atoms with Gasteiger partial charge in [-0.2, -0.15) is 4.98 Å². The first kappa shape index (κ1) is 17.5. The maximum Gasteiger partial charge on any atom is 0.322 e. The van der Waals surface area contributed by atoms with Crippen LogP contribution in [0.4, 0.5) is 10.5 Å². The minimum atomic E-state index is -0.381. The predicted octanol–water partition coefficient (Wildman–Crippen LogP) is 3.90. The standard InChI is InChI=1S/C18H19ClN6O2/c1-10(2)16-23-17(27-24-16)15-7-13-14(21-9-20-13)8-25(15)18(26)22-12-5-3-11(19)4-6-12/h3-6,9-10,15H,7-8H2,1-2H3,(H,20,21)(H,22,26). The van der Waals surface area contributed by atoms with E-state index >= 15 is 0 Å². The van der Waals surface area contributed by atoms with E-state index in [4.69, 9.17) is 16.1 Å². The quantitative estimate of drug-likeness (QED) is 0.711. The lowest BCUT2D eigenvalue weighted by Gasteiger charge is -2.32. The minimum absolute atomic E-state index is 0.142. The molecule has 1 atom stereocenters. The number of rotatable bonds is 3. The van der Waals surface area contributed by atoms with Gasteiger partial charge >= 0.3 is 6.03 Å². The van der Waals surface area contributed by atoms with Crippen molar-refractivity contribution in [3.05, 3.63) is 58.7 Å². The van der Waals surface area contributed by atoms with E-state index in [1.165, 1.54) is 0 Å². The van der Waals surface area contributed by atoms with E-state index in [9.17, 15) is 4.79 Å². The molecule has 8 nitrogen and oxygen atoms in total. The van der Waals surface area contributed by atoms with E-state index in [-0.39, 0.29) is 18.0 Å². The number of aromatic nitrogens is 4. The average Bonchev–Trinajstić information content (AvgIpc) is 3.31. The Balaban J connectivity index is 1.62. The van der Waals surface area contributed by atoms with Crippen LogP contribution in [0.1, 0.15) is 48.9 Å². The molecule has 0 radical (unpaired) electrons. The second-order valence-corrected chi connectivity index (χ2v) is 7.19. The highest BCUT2D eigenvalue weighted by atomic mass is 35.5. The topological polar surface area (TPSA) is 99.9 Å². The Bertz CT molecular complexity index is 949. The zero-order valence-corrected chi connectivity index (χ0v) is 15.7. The molecule has 3 heterocycles.